The van der Waals surface area contributed by atoms with E-state index in [1.807, 2.05) is 0 Å². The van der Waals surface area contributed by atoms with Gasteiger partial charge in [-0.1, -0.05) is 13.8 Å². The van der Waals surface area contributed by atoms with Crippen LogP contribution in [0.15, 0.2) is 0 Å². The summed E-state index contributed by atoms with van der Waals surface area (Å²) in [5, 5.41) is 3.41. The lowest BCUT2D eigenvalue weighted by atomic mass is 9.86. The van der Waals surface area contributed by atoms with E-state index in [2.05, 4.69) is 31.0 Å². The zero-order valence-electron chi connectivity index (χ0n) is 11.4. The van der Waals surface area contributed by atoms with Crippen molar-refractivity contribution < 1.29 is 4.79 Å². The van der Waals surface area contributed by atoms with E-state index < -0.39 is 0 Å². The predicted molar refractivity (Wildman–Crippen MR) is 69.7 cm³/mol. The van der Waals surface area contributed by atoms with Gasteiger partial charge in [0.15, 0.2) is 0 Å². The second kappa shape index (κ2) is 5.38. The number of likely N-dealkylation sites (tertiary alicyclic amines) is 1. The smallest absolute Gasteiger partial charge is 0.225 e. The van der Waals surface area contributed by atoms with Crippen molar-refractivity contribution in [1.29, 1.82) is 0 Å². The van der Waals surface area contributed by atoms with E-state index >= 15 is 0 Å². The molecule has 0 spiro atoms. The molecule has 98 valence electrons. The van der Waals surface area contributed by atoms with Gasteiger partial charge in [0.05, 0.1) is 0 Å². The van der Waals surface area contributed by atoms with Gasteiger partial charge < -0.3 is 10.2 Å². The summed E-state index contributed by atoms with van der Waals surface area (Å²) in [6.07, 6.45) is 3.20. The monoisotopic (exact) mass is 238 g/mol. The molecule has 17 heavy (non-hydrogen) atoms. The Kier molecular flexibility index (Phi) is 4.08. The van der Waals surface area contributed by atoms with Crippen LogP contribution in [-0.4, -0.2) is 36.5 Å². The Morgan fingerprint density at radius 3 is 2.59 bits per heavy atom. The van der Waals surface area contributed by atoms with Gasteiger partial charge in [-0.3, -0.25) is 4.79 Å². The maximum absolute atomic E-state index is 12.4. The van der Waals surface area contributed by atoms with Crippen LogP contribution < -0.4 is 5.32 Å². The third-order valence-electron chi connectivity index (χ3n) is 4.62. The van der Waals surface area contributed by atoms with E-state index in [0.717, 1.165) is 38.4 Å². The fourth-order valence-electron chi connectivity index (χ4n) is 3.08. The van der Waals surface area contributed by atoms with Gasteiger partial charge in [0.1, 0.15) is 0 Å². The van der Waals surface area contributed by atoms with Gasteiger partial charge in [-0.2, -0.15) is 0 Å². The summed E-state index contributed by atoms with van der Waals surface area (Å²) >= 11 is 0. The van der Waals surface area contributed by atoms with Crippen molar-refractivity contribution in [3.05, 3.63) is 0 Å². The highest BCUT2D eigenvalue weighted by Gasteiger charge is 2.32. The minimum Gasteiger partial charge on any atom is -0.342 e. The molecule has 0 aromatic heterocycles. The van der Waals surface area contributed by atoms with Crippen molar-refractivity contribution in [2.24, 2.45) is 17.8 Å². The Morgan fingerprint density at radius 2 is 1.94 bits per heavy atom. The van der Waals surface area contributed by atoms with E-state index in [1.165, 1.54) is 6.42 Å². The first-order valence-corrected chi connectivity index (χ1v) is 7.10. The molecule has 0 aromatic carbocycles. The summed E-state index contributed by atoms with van der Waals surface area (Å²) in [4.78, 5) is 14.6. The molecule has 3 heteroatoms. The number of rotatable bonds is 1. The zero-order valence-corrected chi connectivity index (χ0v) is 11.4. The number of hydrogen-bond acceptors (Lipinski definition) is 2. The molecule has 2 fully saturated rings. The number of amides is 1. The minimum absolute atomic E-state index is 0.270. The SMILES string of the molecule is CC1CCN(C(=O)[C@H]2CCN[C@@H](C)C2)CC1C. The van der Waals surface area contributed by atoms with Crippen LogP contribution in [-0.2, 0) is 4.79 Å². The standard InChI is InChI=1S/C14H26N2O/c1-10-5-7-16(9-11(10)2)14(17)13-4-6-15-12(3)8-13/h10-13,15H,4-9H2,1-3H3/t10?,11?,12-,13-/m0/s1. The number of nitrogens with zero attached hydrogens (tertiary/aromatic N) is 1. The molecule has 2 rings (SSSR count). The molecule has 0 bridgehead atoms. The lowest BCUT2D eigenvalue weighted by molar-refractivity contribution is -0.139. The molecular weight excluding hydrogens is 212 g/mol. The number of carbonyl (C=O) groups is 1. The average molecular weight is 238 g/mol. The Hall–Kier alpha value is -0.570. The first-order valence-electron chi connectivity index (χ1n) is 7.10. The molecule has 2 unspecified atom stereocenters. The second-order valence-corrected chi connectivity index (χ2v) is 6.10. The van der Waals surface area contributed by atoms with Crippen LogP contribution in [0, 0.1) is 17.8 Å². The Morgan fingerprint density at radius 1 is 1.18 bits per heavy atom. The Balaban J connectivity index is 1.91. The molecule has 3 nitrogen and oxygen atoms in total. The summed E-state index contributed by atoms with van der Waals surface area (Å²) in [5.41, 5.74) is 0. The molecule has 0 saturated carbocycles. The molecule has 0 aliphatic carbocycles. The van der Waals surface area contributed by atoms with Crippen LogP contribution in [0.2, 0.25) is 0 Å². The maximum atomic E-state index is 12.4. The average Bonchev–Trinajstić information content (AvgIpc) is 2.32. The molecule has 2 heterocycles. The first-order chi connectivity index (χ1) is 8.08. The lowest BCUT2D eigenvalue weighted by Crippen LogP contribution is -2.48. The molecule has 2 saturated heterocycles. The van der Waals surface area contributed by atoms with E-state index in [0.29, 0.717) is 17.9 Å². The molecule has 2 aliphatic heterocycles. The summed E-state index contributed by atoms with van der Waals surface area (Å²) < 4.78 is 0. The van der Waals surface area contributed by atoms with Crippen molar-refractivity contribution in [3.63, 3.8) is 0 Å². The third kappa shape index (κ3) is 3.01. The molecule has 4 atom stereocenters. The van der Waals surface area contributed by atoms with Crippen molar-refractivity contribution in [2.45, 2.75) is 46.1 Å². The molecule has 1 amide bonds. The molecular formula is C14H26N2O. The van der Waals surface area contributed by atoms with Gasteiger partial charge in [0.2, 0.25) is 5.91 Å². The largest absolute Gasteiger partial charge is 0.342 e. The molecule has 0 radical (unpaired) electrons. The van der Waals surface area contributed by atoms with E-state index in [1.54, 1.807) is 0 Å². The van der Waals surface area contributed by atoms with Gasteiger partial charge in [0.25, 0.3) is 0 Å². The number of nitrogens with one attached hydrogen (secondary N) is 1. The van der Waals surface area contributed by atoms with Gasteiger partial charge in [-0.25, -0.2) is 0 Å². The summed E-state index contributed by atoms with van der Waals surface area (Å²) in [6.45, 7) is 9.70. The van der Waals surface area contributed by atoms with Crippen LogP contribution in [0.3, 0.4) is 0 Å². The Labute approximate surface area is 105 Å². The molecule has 0 aromatic rings. The predicted octanol–water partition coefficient (Wildman–Crippen LogP) is 1.88. The highest BCUT2D eigenvalue weighted by Crippen LogP contribution is 2.26. The van der Waals surface area contributed by atoms with Crippen molar-refractivity contribution in [1.82, 2.24) is 10.2 Å². The fraction of sp³-hybridized carbons (Fsp3) is 0.929. The fourth-order valence-corrected chi connectivity index (χ4v) is 3.08. The summed E-state index contributed by atoms with van der Waals surface area (Å²) in [7, 11) is 0. The number of carbonyl (C=O) groups excluding carboxylic acids is 1. The first kappa shape index (κ1) is 12.9. The zero-order chi connectivity index (χ0) is 12.4. The summed E-state index contributed by atoms with van der Waals surface area (Å²) in [6, 6.07) is 0.499. The van der Waals surface area contributed by atoms with Gasteiger partial charge in [-0.05, 0) is 44.6 Å². The van der Waals surface area contributed by atoms with E-state index in [-0.39, 0.29) is 5.92 Å². The van der Waals surface area contributed by atoms with E-state index in [4.69, 9.17) is 0 Å². The van der Waals surface area contributed by atoms with Gasteiger partial charge in [0, 0.05) is 25.0 Å². The van der Waals surface area contributed by atoms with Crippen molar-refractivity contribution >= 4 is 5.91 Å². The maximum Gasteiger partial charge on any atom is 0.225 e. The normalized spacial score (nSPS) is 39.1. The van der Waals surface area contributed by atoms with E-state index in [9.17, 15) is 4.79 Å². The van der Waals surface area contributed by atoms with Crippen LogP contribution >= 0.6 is 0 Å². The van der Waals surface area contributed by atoms with Crippen molar-refractivity contribution in [3.8, 4) is 0 Å². The van der Waals surface area contributed by atoms with Gasteiger partial charge >= 0.3 is 0 Å². The van der Waals surface area contributed by atoms with Gasteiger partial charge in [-0.15, -0.1) is 0 Å². The topological polar surface area (TPSA) is 32.3 Å². The lowest BCUT2D eigenvalue weighted by Gasteiger charge is -2.38. The Bertz CT molecular complexity index is 279. The number of hydrogen-bond donors (Lipinski definition) is 1. The third-order valence-corrected chi connectivity index (χ3v) is 4.62. The number of piperidine rings is 2. The van der Waals surface area contributed by atoms with Crippen LogP contribution in [0.25, 0.3) is 0 Å². The van der Waals surface area contributed by atoms with Crippen molar-refractivity contribution in [2.75, 3.05) is 19.6 Å². The molecule has 2 aliphatic rings. The van der Waals surface area contributed by atoms with Crippen LogP contribution in [0.4, 0.5) is 0 Å². The quantitative estimate of drug-likeness (QED) is 0.756. The van der Waals surface area contributed by atoms with Crippen LogP contribution in [0.1, 0.15) is 40.0 Å². The second-order valence-electron chi connectivity index (χ2n) is 6.10. The van der Waals surface area contributed by atoms with Crippen LogP contribution in [0.5, 0.6) is 0 Å². The summed E-state index contributed by atoms with van der Waals surface area (Å²) in [5.74, 6) is 2.11. The molecule has 1 N–H and O–H groups in total. The highest BCUT2D eigenvalue weighted by atomic mass is 16.2. The minimum atomic E-state index is 0.270. The highest BCUT2D eigenvalue weighted by molar-refractivity contribution is 5.79.